The maximum atomic E-state index is 12.5. The normalized spacial score (nSPS) is 36.6. The molecular formula is C42H53NO2. The molecule has 8 rings (SSSR count). The van der Waals surface area contributed by atoms with E-state index in [-0.39, 0.29) is 11.5 Å². The first-order valence-corrected chi connectivity index (χ1v) is 17.7. The minimum absolute atomic E-state index is 0.0261. The van der Waals surface area contributed by atoms with Crippen LogP contribution in [0.4, 0.5) is 0 Å². The zero-order valence-corrected chi connectivity index (χ0v) is 29.3. The number of ether oxygens (including phenoxy) is 1. The van der Waals surface area contributed by atoms with Crippen molar-refractivity contribution in [2.45, 2.75) is 123 Å². The molecule has 6 aliphatic rings. The lowest BCUT2D eigenvalue weighted by Gasteiger charge is -2.42. The van der Waals surface area contributed by atoms with Crippen LogP contribution in [-0.2, 0) is 15.6 Å². The van der Waals surface area contributed by atoms with Crippen LogP contribution in [-0.4, -0.2) is 29.8 Å². The van der Waals surface area contributed by atoms with Crippen LogP contribution in [0.2, 0.25) is 0 Å². The van der Waals surface area contributed by atoms with Gasteiger partial charge in [0.15, 0.2) is 5.79 Å². The van der Waals surface area contributed by atoms with Crippen LogP contribution in [0.3, 0.4) is 0 Å². The second-order valence-corrected chi connectivity index (χ2v) is 17.4. The highest BCUT2D eigenvalue weighted by molar-refractivity contribution is 6.13. The summed E-state index contributed by atoms with van der Waals surface area (Å²) in [6, 6.07) is 9.75. The summed E-state index contributed by atoms with van der Waals surface area (Å²) < 4.78 is 6.20. The van der Waals surface area contributed by atoms with Crippen LogP contribution < -0.4 is 0 Å². The van der Waals surface area contributed by atoms with E-state index in [1.54, 1.807) is 23.8 Å². The number of benzene rings is 2. The molecule has 3 nitrogen and oxygen atoms in total. The van der Waals surface area contributed by atoms with E-state index >= 15 is 0 Å². The van der Waals surface area contributed by atoms with Gasteiger partial charge in [-0.1, -0.05) is 70.0 Å². The van der Waals surface area contributed by atoms with Crippen LogP contribution in [0.5, 0.6) is 0 Å². The van der Waals surface area contributed by atoms with Crippen LogP contribution in [0, 0.1) is 36.0 Å². The zero-order chi connectivity index (χ0) is 32.0. The molecule has 0 radical (unpaired) electrons. The molecule has 0 spiro atoms. The summed E-state index contributed by atoms with van der Waals surface area (Å²) in [7, 11) is 1.70. The Morgan fingerprint density at radius 1 is 1.04 bits per heavy atom. The summed E-state index contributed by atoms with van der Waals surface area (Å²) in [5.74, 6) is 1.11. The molecule has 3 saturated carbocycles. The lowest BCUT2D eigenvalue weighted by molar-refractivity contribution is -0.134. The number of allylic oxidation sites excluding steroid dienone is 3. The summed E-state index contributed by atoms with van der Waals surface area (Å²) in [5.41, 5.74) is 13.0. The first kappa shape index (κ1) is 29.9. The summed E-state index contributed by atoms with van der Waals surface area (Å²) in [4.78, 5) is 5.55. The van der Waals surface area contributed by atoms with Crippen LogP contribution >= 0.6 is 0 Å². The first-order valence-electron chi connectivity index (χ1n) is 17.7. The summed E-state index contributed by atoms with van der Waals surface area (Å²) >= 11 is 0. The lowest BCUT2D eigenvalue weighted by Crippen LogP contribution is -2.36. The molecule has 45 heavy (non-hydrogen) atoms. The minimum atomic E-state index is -1.30. The second kappa shape index (κ2) is 9.32. The molecule has 3 fully saturated rings. The Bertz CT molecular complexity index is 1790. The van der Waals surface area contributed by atoms with E-state index in [4.69, 9.17) is 9.73 Å². The molecule has 0 saturated heterocycles. The Hall–Kier alpha value is -2.49. The van der Waals surface area contributed by atoms with Gasteiger partial charge in [-0.25, -0.2) is 0 Å². The fraction of sp³-hybridized carbons (Fsp3) is 0.595. The van der Waals surface area contributed by atoms with Crippen molar-refractivity contribution in [3.05, 3.63) is 74.9 Å². The number of aliphatic hydroxyl groups is 1. The SMILES string of the molecule is COC1(O)C2(C)C3=C(c4cc(C(C)(C)C)c5cc(C)ccc5c4C12C)C1C(CC2=C4CCC(CC(C)C)CC4=CCC21)N=C3C. The van der Waals surface area contributed by atoms with Crippen molar-refractivity contribution in [1.29, 1.82) is 0 Å². The highest BCUT2D eigenvalue weighted by Crippen LogP contribution is 2.81. The van der Waals surface area contributed by atoms with Crippen molar-refractivity contribution in [3.63, 3.8) is 0 Å². The Morgan fingerprint density at radius 2 is 1.80 bits per heavy atom. The van der Waals surface area contributed by atoms with Crippen molar-refractivity contribution in [2.24, 2.45) is 34.1 Å². The monoisotopic (exact) mass is 603 g/mol. The van der Waals surface area contributed by atoms with E-state index in [9.17, 15) is 5.11 Å². The van der Waals surface area contributed by atoms with Gasteiger partial charge in [-0.3, -0.25) is 4.99 Å². The smallest absolute Gasteiger partial charge is 0.186 e. The summed E-state index contributed by atoms with van der Waals surface area (Å²) in [6.45, 7) is 20.7. The highest BCUT2D eigenvalue weighted by atomic mass is 16.6. The Morgan fingerprint density at radius 3 is 2.49 bits per heavy atom. The highest BCUT2D eigenvalue weighted by Gasteiger charge is 2.88. The van der Waals surface area contributed by atoms with Crippen LogP contribution in [0.1, 0.15) is 116 Å². The molecule has 0 amide bonds. The Labute approximate surface area is 270 Å². The minimum Gasteiger partial charge on any atom is -0.364 e. The fourth-order valence-electron chi connectivity index (χ4n) is 11.5. The van der Waals surface area contributed by atoms with Crippen molar-refractivity contribution in [2.75, 3.05) is 7.11 Å². The number of rotatable bonds is 3. The van der Waals surface area contributed by atoms with Crippen molar-refractivity contribution in [1.82, 2.24) is 0 Å². The predicted molar refractivity (Wildman–Crippen MR) is 187 cm³/mol. The van der Waals surface area contributed by atoms with Gasteiger partial charge in [-0.15, -0.1) is 0 Å². The van der Waals surface area contributed by atoms with E-state index in [0.717, 1.165) is 30.4 Å². The van der Waals surface area contributed by atoms with Gasteiger partial charge in [0.2, 0.25) is 0 Å². The molecule has 5 aliphatic carbocycles. The summed E-state index contributed by atoms with van der Waals surface area (Å²) in [5, 5.41) is 15.1. The molecule has 1 N–H and O–H groups in total. The molecule has 7 unspecified atom stereocenters. The fourth-order valence-corrected chi connectivity index (χ4v) is 11.5. The largest absolute Gasteiger partial charge is 0.364 e. The standard InChI is InChI=1S/C42H53NO2/c1-22(2)17-25-12-15-27-26(19-25)13-16-28-30(27)21-34-35(28)36-32-20-33(39(5,6)7)31-18-23(3)11-14-29(31)38(32)41(9)40(8,42(41,44)45-10)37(36)24(4)43-34/h11,13-14,18,20,22,25,28,34-35,44H,12,15-17,19,21H2,1-10H3. The molecule has 3 heteroatoms. The van der Waals surface area contributed by atoms with Gasteiger partial charge in [-0.2, -0.15) is 0 Å². The van der Waals surface area contributed by atoms with Gasteiger partial charge < -0.3 is 9.84 Å². The van der Waals surface area contributed by atoms with E-state index in [1.807, 2.05) is 0 Å². The van der Waals surface area contributed by atoms with Crippen molar-refractivity contribution < 1.29 is 9.84 Å². The van der Waals surface area contributed by atoms with E-state index in [0.29, 0.717) is 11.8 Å². The third-order valence-electron chi connectivity index (χ3n) is 13.5. The molecule has 0 bridgehead atoms. The first-order chi connectivity index (χ1) is 21.2. The number of hydrogen-bond acceptors (Lipinski definition) is 3. The Balaban J connectivity index is 1.37. The molecule has 2 aromatic carbocycles. The number of fused-ring (bicyclic) bond motifs is 12. The van der Waals surface area contributed by atoms with Gasteiger partial charge >= 0.3 is 0 Å². The number of nitrogens with zero attached hydrogens (tertiary/aromatic N) is 1. The maximum Gasteiger partial charge on any atom is 0.186 e. The second-order valence-electron chi connectivity index (χ2n) is 17.4. The molecule has 238 valence electrons. The van der Waals surface area contributed by atoms with Gasteiger partial charge in [0.25, 0.3) is 0 Å². The lowest BCUT2D eigenvalue weighted by atomic mass is 9.62. The Kier molecular flexibility index (Phi) is 6.19. The summed E-state index contributed by atoms with van der Waals surface area (Å²) in [6.07, 6.45) is 9.99. The van der Waals surface area contributed by atoms with E-state index in [1.165, 1.54) is 69.9 Å². The number of aryl methyl sites for hydroxylation is 1. The van der Waals surface area contributed by atoms with Crippen molar-refractivity contribution >= 4 is 22.1 Å². The molecule has 7 atom stereocenters. The number of aliphatic imine (C=N–C) groups is 1. The topological polar surface area (TPSA) is 41.8 Å². The van der Waals surface area contributed by atoms with E-state index in [2.05, 4.69) is 92.7 Å². The number of dihydropyridines is 1. The third-order valence-corrected chi connectivity index (χ3v) is 13.5. The van der Waals surface area contributed by atoms with Crippen LogP contribution in [0.25, 0.3) is 16.3 Å². The average Bonchev–Trinajstić information content (AvgIpc) is 3.20. The molecule has 1 aliphatic heterocycles. The van der Waals surface area contributed by atoms with Crippen LogP contribution in [0.15, 0.2) is 57.6 Å². The number of methoxy groups -OCH3 is 1. The average molecular weight is 604 g/mol. The molecule has 2 aromatic rings. The molecule has 1 heterocycles. The quantitative estimate of drug-likeness (QED) is 0.355. The van der Waals surface area contributed by atoms with Crippen molar-refractivity contribution in [3.8, 4) is 0 Å². The van der Waals surface area contributed by atoms with E-state index < -0.39 is 16.6 Å². The number of hydrogen-bond donors (Lipinski definition) is 1. The predicted octanol–water partition coefficient (Wildman–Crippen LogP) is 9.78. The molecule has 0 aromatic heterocycles. The van der Waals surface area contributed by atoms with Gasteiger partial charge in [0, 0.05) is 18.7 Å². The maximum absolute atomic E-state index is 12.5. The van der Waals surface area contributed by atoms with Gasteiger partial charge in [-0.05, 0) is 145 Å². The zero-order valence-electron chi connectivity index (χ0n) is 29.3. The molecular weight excluding hydrogens is 550 g/mol. The third kappa shape index (κ3) is 3.58. The van der Waals surface area contributed by atoms with Gasteiger partial charge in [0.1, 0.15) is 0 Å². The van der Waals surface area contributed by atoms with Gasteiger partial charge in [0.05, 0.1) is 16.9 Å².